The first-order chi connectivity index (χ1) is 14.4. The number of piperazine rings is 1. The van der Waals surface area contributed by atoms with E-state index >= 15 is 0 Å². The van der Waals surface area contributed by atoms with Gasteiger partial charge in [0.1, 0.15) is 4.90 Å². The number of halogens is 2. The van der Waals surface area contributed by atoms with Crippen LogP contribution in [0.4, 0.5) is 0 Å². The number of aromatic nitrogens is 1. The SMILES string of the molecule is O=C(c1cc(-c2ccccc2)on1)N1CCN(S(=O)(=O)c2cc(Cl)ccc2Cl)CC1. The summed E-state index contributed by atoms with van der Waals surface area (Å²) in [6, 6.07) is 15.2. The Hall–Kier alpha value is -2.39. The maximum Gasteiger partial charge on any atom is 0.276 e. The first-order valence-electron chi connectivity index (χ1n) is 9.13. The number of benzene rings is 2. The van der Waals surface area contributed by atoms with Crippen LogP contribution in [0.15, 0.2) is 64.0 Å². The Balaban J connectivity index is 1.45. The van der Waals surface area contributed by atoms with E-state index in [4.69, 9.17) is 27.7 Å². The van der Waals surface area contributed by atoms with Crippen LogP contribution in [0.3, 0.4) is 0 Å². The van der Waals surface area contributed by atoms with Gasteiger partial charge in [0.05, 0.1) is 5.02 Å². The first-order valence-corrected chi connectivity index (χ1v) is 11.3. The average molecular weight is 466 g/mol. The summed E-state index contributed by atoms with van der Waals surface area (Å²) in [5.74, 6) is 0.189. The first kappa shape index (κ1) is 20.9. The highest BCUT2D eigenvalue weighted by Crippen LogP contribution is 2.28. The van der Waals surface area contributed by atoms with Crippen molar-refractivity contribution in [1.29, 1.82) is 0 Å². The Labute approximate surface area is 183 Å². The fourth-order valence-corrected chi connectivity index (χ4v) is 5.38. The fraction of sp³-hybridized carbons (Fsp3) is 0.200. The van der Waals surface area contributed by atoms with Gasteiger partial charge in [-0.1, -0.05) is 58.7 Å². The molecule has 0 spiro atoms. The van der Waals surface area contributed by atoms with Gasteiger partial charge < -0.3 is 9.42 Å². The molecule has 3 aromatic rings. The highest BCUT2D eigenvalue weighted by molar-refractivity contribution is 7.89. The van der Waals surface area contributed by atoms with Crippen LogP contribution in [-0.4, -0.2) is 54.9 Å². The third-order valence-corrected chi connectivity index (χ3v) is 7.44. The number of hydrogen-bond donors (Lipinski definition) is 0. The molecule has 7 nitrogen and oxygen atoms in total. The fourth-order valence-electron chi connectivity index (χ4n) is 3.22. The minimum absolute atomic E-state index is 0.0413. The zero-order valence-corrected chi connectivity index (χ0v) is 18.0. The van der Waals surface area contributed by atoms with E-state index < -0.39 is 10.0 Å². The van der Waals surface area contributed by atoms with Gasteiger partial charge in [-0.2, -0.15) is 4.31 Å². The van der Waals surface area contributed by atoms with Crippen LogP contribution in [0.2, 0.25) is 10.0 Å². The molecule has 0 N–H and O–H groups in total. The predicted octanol–water partition coefficient (Wildman–Crippen LogP) is 3.80. The van der Waals surface area contributed by atoms with Crippen LogP contribution < -0.4 is 0 Å². The maximum atomic E-state index is 12.9. The van der Waals surface area contributed by atoms with Crippen LogP contribution in [0.1, 0.15) is 10.5 Å². The highest BCUT2D eigenvalue weighted by atomic mass is 35.5. The van der Waals surface area contributed by atoms with Crippen molar-refractivity contribution in [2.24, 2.45) is 0 Å². The molecule has 0 unspecified atom stereocenters. The summed E-state index contributed by atoms with van der Waals surface area (Å²) in [6.07, 6.45) is 0. The number of hydrogen-bond acceptors (Lipinski definition) is 5. The van der Waals surface area contributed by atoms with Crippen molar-refractivity contribution in [3.05, 3.63) is 70.3 Å². The van der Waals surface area contributed by atoms with Gasteiger partial charge in [0.2, 0.25) is 10.0 Å². The number of sulfonamides is 1. The molecule has 1 aliphatic rings. The monoisotopic (exact) mass is 465 g/mol. The minimum Gasteiger partial charge on any atom is -0.355 e. The summed E-state index contributed by atoms with van der Waals surface area (Å²) in [7, 11) is -3.82. The molecule has 1 aliphatic heterocycles. The Morgan fingerprint density at radius 3 is 2.37 bits per heavy atom. The van der Waals surface area contributed by atoms with Gasteiger partial charge in [-0.25, -0.2) is 8.42 Å². The zero-order chi connectivity index (χ0) is 21.3. The van der Waals surface area contributed by atoms with E-state index in [2.05, 4.69) is 5.16 Å². The van der Waals surface area contributed by atoms with Crippen molar-refractivity contribution in [3.63, 3.8) is 0 Å². The Bertz CT molecular complexity index is 1170. The summed E-state index contributed by atoms with van der Waals surface area (Å²) in [4.78, 5) is 14.3. The van der Waals surface area contributed by atoms with E-state index in [0.717, 1.165) is 5.56 Å². The van der Waals surface area contributed by atoms with Crippen LogP contribution in [0.25, 0.3) is 11.3 Å². The molecule has 1 aromatic heterocycles. The minimum atomic E-state index is -3.82. The predicted molar refractivity (Wildman–Crippen MR) is 113 cm³/mol. The highest BCUT2D eigenvalue weighted by Gasteiger charge is 2.32. The molecule has 0 radical (unpaired) electrons. The van der Waals surface area contributed by atoms with E-state index in [9.17, 15) is 13.2 Å². The van der Waals surface area contributed by atoms with Crippen LogP contribution in [0, 0.1) is 0 Å². The molecule has 4 rings (SSSR count). The van der Waals surface area contributed by atoms with E-state index in [0.29, 0.717) is 5.76 Å². The molecule has 1 fully saturated rings. The van der Waals surface area contributed by atoms with Gasteiger partial charge in [-0.15, -0.1) is 0 Å². The van der Waals surface area contributed by atoms with Crippen molar-refractivity contribution in [3.8, 4) is 11.3 Å². The molecule has 0 bridgehead atoms. The molecule has 10 heteroatoms. The molecule has 0 saturated carbocycles. The van der Waals surface area contributed by atoms with Gasteiger partial charge in [0.15, 0.2) is 11.5 Å². The molecule has 156 valence electrons. The quantitative estimate of drug-likeness (QED) is 0.584. The summed E-state index contributed by atoms with van der Waals surface area (Å²) in [6.45, 7) is 0.730. The van der Waals surface area contributed by atoms with E-state index in [1.165, 1.54) is 22.5 Å². The second-order valence-corrected chi connectivity index (χ2v) is 9.46. The summed E-state index contributed by atoms with van der Waals surface area (Å²) >= 11 is 12.0. The van der Waals surface area contributed by atoms with Gasteiger partial charge in [0.25, 0.3) is 5.91 Å². The Morgan fingerprint density at radius 1 is 0.967 bits per heavy atom. The smallest absolute Gasteiger partial charge is 0.276 e. The third kappa shape index (κ3) is 4.09. The molecule has 0 atom stereocenters. The lowest BCUT2D eigenvalue weighted by Crippen LogP contribution is -2.50. The molecular formula is C20H17Cl2N3O4S. The lowest BCUT2D eigenvalue weighted by atomic mass is 10.1. The van der Waals surface area contributed by atoms with Crippen molar-refractivity contribution in [2.45, 2.75) is 4.90 Å². The molecule has 1 amide bonds. The zero-order valence-electron chi connectivity index (χ0n) is 15.7. The summed E-state index contributed by atoms with van der Waals surface area (Å²) < 4.78 is 32.4. The molecule has 30 heavy (non-hydrogen) atoms. The number of nitrogens with zero attached hydrogens (tertiary/aromatic N) is 3. The standard InChI is InChI=1S/C20H17Cl2N3O4S/c21-15-6-7-16(22)19(12-15)30(27,28)25-10-8-24(9-11-25)20(26)17-13-18(29-23-17)14-4-2-1-3-5-14/h1-7,12-13H,8-11H2. The van der Waals surface area contributed by atoms with Crippen molar-refractivity contribution in [1.82, 2.24) is 14.4 Å². The maximum absolute atomic E-state index is 12.9. The van der Waals surface area contributed by atoms with E-state index in [1.807, 2.05) is 30.3 Å². The van der Waals surface area contributed by atoms with Crippen molar-refractivity contribution >= 4 is 39.1 Å². The molecule has 2 aromatic carbocycles. The summed E-state index contributed by atoms with van der Waals surface area (Å²) in [5.41, 5.74) is 1.00. The topological polar surface area (TPSA) is 83.7 Å². The lowest BCUT2D eigenvalue weighted by Gasteiger charge is -2.33. The van der Waals surface area contributed by atoms with E-state index in [1.54, 1.807) is 11.0 Å². The summed E-state index contributed by atoms with van der Waals surface area (Å²) in [5, 5.41) is 4.26. The third-order valence-electron chi connectivity index (χ3n) is 4.82. The largest absolute Gasteiger partial charge is 0.355 e. The Kier molecular flexibility index (Phi) is 5.84. The molecular weight excluding hydrogens is 449 g/mol. The average Bonchev–Trinajstić information content (AvgIpc) is 3.26. The van der Waals surface area contributed by atoms with Crippen molar-refractivity contribution in [2.75, 3.05) is 26.2 Å². The molecule has 1 saturated heterocycles. The van der Waals surface area contributed by atoms with Gasteiger partial charge in [0, 0.05) is 42.8 Å². The van der Waals surface area contributed by atoms with Gasteiger partial charge in [-0.05, 0) is 18.2 Å². The van der Waals surface area contributed by atoms with Gasteiger partial charge in [-0.3, -0.25) is 4.79 Å². The van der Waals surface area contributed by atoms with Crippen molar-refractivity contribution < 1.29 is 17.7 Å². The van der Waals surface area contributed by atoms with Gasteiger partial charge >= 0.3 is 0 Å². The molecule has 0 aliphatic carbocycles. The second-order valence-electron chi connectivity index (χ2n) is 6.71. The normalized spacial score (nSPS) is 15.3. The second kappa shape index (κ2) is 8.39. The van der Waals surface area contributed by atoms with Crippen LogP contribution >= 0.6 is 23.2 Å². The number of carbonyl (C=O) groups is 1. The Morgan fingerprint density at radius 2 is 1.67 bits per heavy atom. The number of carbonyl (C=O) groups excluding carboxylic acids is 1. The van der Waals surface area contributed by atoms with E-state index in [-0.39, 0.29) is 52.7 Å². The number of amides is 1. The van der Waals surface area contributed by atoms with Crippen LogP contribution in [0.5, 0.6) is 0 Å². The molecule has 2 heterocycles. The number of rotatable bonds is 4. The lowest BCUT2D eigenvalue weighted by molar-refractivity contribution is 0.0687. The van der Waals surface area contributed by atoms with Crippen LogP contribution in [-0.2, 0) is 10.0 Å².